The summed E-state index contributed by atoms with van der Waals surface area (Å²) in [7, 11) is 0. The van der Waals surface area contributed by atoms with Crippen molar-refractivity contribution in [2.24, 2.45) is 0 Å². The molecule has 0 aliphatic rings. The van der Waals surface area contributed by atoms with Gasteiger partial charge in [0.05, 0.1) is 0 Å². The third-order valence-corrected chi connectivity index (χ3v) is 0.936. The van der Waals surface area contributed by atoms with E-state index in [1.54, 1.807) is 0 Å². The predicted molar refractivity (Wildman–Crippen MR) is 30.5 cm³/mol. The maximum Gasteiger partial charge on any atom is 0.275 e. The molecule has 0 amide bonds. The summed E-state index contributed by atoms with van der Waals surface area (Å²) in [4.78, 5) is 0. The lowest BCUT2D eigenvalue weighted by atomic mass is 10.3. The van der Waals surface area contributed by atoms with Crippen molar-refractivity contribution < 1.29 is 20.4 Å². The molecular weight excluding hydrogens is 147 g/mol. The van der Waals surface area contributed by atoms with Gasteiger partial charge in [-0.3, -0.25) is 0 Å². The molecule has 0 radical (unpaired) electrons. The zero-order chi connectivity index (χ0) is 7.49. The summed E-state index contributed by atoms with van der Waals surface area (Å²) in [6, 6.07) is 0. The Balaban J connectivity index is 3.28. The Morgan fingerprint density at radius 2 is 1.78 bits per heavy atom. The van der Waals surface area contributed by atoms with Crippen molar-refractivity contribution in [3.63, 3.8) is 0 Å². The normalized spacial score (nSPS) is 15.7. The van der Waals surface area contributed by atoms with Crippen molar-refractivity contribution in [1.29, 1.82) is 0 Å². The lowest BCUT2D eigenvalue weighted by Gasteiger charge is -2.13. The van der Waals surface area contributed by atoms with E-state index in [1.165, 1.54) is 0 Å². The summed E-state index contributed by atoms with van der Waals surface area (Å²) in [5.41, 5.74) is -1.14. The first-order chi connectivity index (χ1) is 3.92. The molecule has 5 heteroatoms. The average molecular weight is 157 g/mol. The number of rotatable bonds is 3. The van der Waals surface area contributed by atoms with Gasteiger partial charge in [-0.25, -0.2) is 0 Å². The molecule has 4 N–H and O–H groups in total. The van der Waals surface area contributed by atoms with Crippen LogP contribution in [-0.4, -0.2) is 32.0 Å². The van der Waals surface area contributed by atoms with Crippen LogP contribution < -0.4 is 0 Å². The molecule has 0 aliphatic carbocycles. The third kappa shape index (κ3) is 8.13. The average Bonchev–Trinajstić information content (AvgIpc) is 1.59. The largest absolute Gasteiger partial charge is 0.378 e. The van der Waals surface area contributed by atoms with E-state index in [2.05, 4.69) is 0 Å². The first-order valence-corrected chi connectivity index (χ1v) is 2.85. The van der Waals surface area contributed by atoms with Crippen LogP contribution in [0.3, 0.4) is 0 Å². The molecule has 0 fully saturated rings. The van der Waals surface area contributed by atoms with E-state index in [0.717, 1.165) is 0 Å². The van der Waals surface area contributed by atoms with Crippen LogP contribution in [0.15, 0.2) is 0 Å². The predicted octanol–water partition coefficient (Wildman–Crippen LogP) is -1.05. The molecule has 0 spiro atoms. The molecule has 0 aromatic rings. The van der Waals surface area contributed by atoms with Crippen molar-refractivity contribution in [2.45, 2.75) is 24.4 Å². The molecule has 1 atom stereocenters. The van der Waals surface area contributed by atoms with Crippen LogP contribution in [0.5, 0.6) is 0 Å². The highest BCUT2D eigenvalue weighted by Crippen LogP contribution is 2.08. The van der Waals surface area contributed by atoms with Crippen LogP contribution in [0, 0.1) is 0 Å². The lowest BCUT2D eigenvalue weighted by molar-refractivity contribution is -0.315. The van der Waals surface area contributed by atoms with Crippen LogP contribution in [0.2, 0.25) is 0 Å². The first-order valence-electron chi connectivity index (χ1n) is 2.41. The Morgan fingerprint density at radius 1 is 1.33 bits per heavy atom. The standard InChI is InChI=1S/C4H9ClO4/c5-3(6)1-2-4(7,8)9/h3,6-9H,1-2H2. The van der Waals surface area contributed by atoms with Gasteiger partial charge in [-0.2, -0.15) is 0 Å². The summed E-state index contributed by atoms with van der Waals surface area (Å²) >= 11 is 5.01. The van der Waals surface area contributed by atoms with E-state index in [-0.39, 0.29) is 12.8 Å². The quantitative estimate of drug-likeness (QED) is 0.311. The highest BCUT2D eigenvalue weighted by Gasteiger charge is 2.18. The molecule has 4 nitrogen and oxygen atoms in total. The van der Waals surface area contributed by atoms with Gasteiger partial charge in [0.15, 0.2) is 0 Å². The van der Waals surface area contributed by atoms with Crippen LogP contribution in [-0.2, 0) is 0 Å². The molecule has 0 aromatic carbocycles. The fraction of sp³-hybridized carbons (Fsp3) is 1.00. The fourth-order valence-electron chi connectivity index (χ4n) is 0.313. The van der Waals surface area contributed by atoms with Gasteiger partial charge in [-0.15, -0.1) is 0 Å². The number of aliphatic hydroxyl groups excluding tert-OH is 1. The Kier molecular flexibility index (Phi) is 3.38. The topological polar surface area (TPSA) is 80.9 Å². The van der Waals surface area contributed by atoms with Crippen molar-refractivity contribution in [3.05, 3.63) is 0 Å². The second-order valence-corrected chi connectivity index (χ2v) is 2.25. The monoisotopic (exact) mass is 156 g/mol. The summed E-state index contributed by atoms with van der Waals surface area (Å²) in [6.45, 7) is 0. The van der Waals surface area contributed by atoms with Crippen LogP contribution in [0.4, 0.5) is 0 Å². The van der Waals surface area contributed by atoms with E-state index in [1.807, 2.05) is 0 Å². The SMILES string of the molecule is OC(Cl)CCC(O)(O)O. The fourth-order valence-corrected chi connectivity index (χ4v) is 0.422. The molecule has 0 bridgehead atoms. The van der Waals surface area contributed by atoms with Crippen LogP contribution in [0.25, 0.3) is 0 Å². The maximum atomic E-state index is 8.35. The number of hydrogen-bond acceptors (Lipinski definition) is 4. The van der Waals surface area contributed by atoms with Crippen molar-refractivity contribution in [1.82, 2.24) is 0 Å². The van der Waals surface area contributed by atoms with Crippen LogP contribution >= 0.6 is 11.6 Å². The zero-order valence-corrected chi connectivity index (χ0v) is 5.41. The number of halogens is 1. The zero-order valence-electron chi connectivity index (χ0n) is 4.66. The van der Waals surface area contributed by atoms with Crippen molar-refractivity contribution in [2.75, 3.05) is 0 Å². The second kappa shape index (κ2) is 3.34. The summed E-state index contributed by atoms with van der Waals surface area (Å²) in [5, 5.41) is 33.0. The molecule has 0 saturated carbocycles. The number of alkyl halides is 1. The minimum Gasteiger partial charge on any atom is -0.378 e. The molecule has 56 valence electrons. The highest BCUT2D eigenvalue weighted by molar-refractivity contribution is 6.19. The van der Waals surface area contributed by atoms with E-state index in [0.29, 0.717) is 0 Å². The third-order valence-electron chi connectivity index (χ3n) is 0.718. The first kappa shape index (κ1) is 9.13. The molecule has 1 unspecified atom stereocenters. The summed E-state index contributed by atoms with van der Waals surface area (Å²) < 4.78 is 0. The van der Waals surface area contributed by atoms with E-state index in [4.69, 9.17) is 32.0 Å². The van der Waals surface area contributed by atoms with Crippen molar-refractivity contribution >= 4 is 11.6 Å². The maximum absolute atomic E-state index is 8.35. The molecule has 0 rings (SSSR count). The van der Waals surface area contributed by atoms with Gasteiger partial charge in [0.2, 0.25) is 0 Å². The van der Waals surface area contributed by atoms with Gasteiger partial charge >= 0.3 is 0 Å². The van der Waals surface area contributed by atoms with Gasteiger partial charge < -0.3 is 20.4 Å². The Bertz CT molecular complexity index is 77.1. The Morgan fingerprint density at radius 3 is 1.89 bits per heavy atom. The molecule has 0 aliphatic heterocycles. The van der Waals surface area contributed by atoms with Gasteiger partial charge in [-0.05, 0) is 6.42 Å². The second-order valence-electron chi connectivity index (χ2n) is 1.75. The van der Waals surface area contributed by atoms with E-state index < -0.39 is 11.5 Å². The Labute approximate surface area is 57.3 Å². The van der Waals surface area contributed by atoms with E-state index >= 15 is 0 Å². The van der Waals surface area contributed by atoms with Crippen molar-refractivity contribution in [3.8, 4) is 0 Å². The van der Waals surface area contributed by atoms with Gasteiger partial charge in [0.25, 0.3) is 5.97 Å². The molecule has 0 heterocycles. The summed E-state index contributed by atoms with van der Waals surface area (Å²) in [6.07, 6.45) is -0.428. The molecule has 0 aromatic heterocycles. The van der Waals surface area contributed by atoms with Crippen LogP contribution in [0.1, 0.15) is 12.8 Å². The highest BCUT2D eigenvalue weighted by atomic mass is 35.5. The van der Waals surface area contributed by atoms with Gasteiger partial charge in [-0.1, -0.05) is 11.6 Å². The molecule has 0 saturated heterocycles. The summed E-state index contributed by atoms with van der Waals surface area (Å²) in [5.74, 6) is -2.71. The number of aliphatic hydroxyl groups is 4. The van der Waals surface area contributed by atoms with E-state index in [9.17, 15) is 0 Å². The number of hydrogen-bond donors (Lipinski definition) is 4. The minimum atomic E-state index is -2.71. The molecule has 9 heavy (non-hydrogen) atoms. The lowest BCUT2D eigenvalue weighted by Crippen LogP contribution is -2.27. The Hall–Kier alpha value is 0.130. The minimum absolute atomic E-state index is 0.0644. The molecular formula is C4H9ClO4. The van der Waals surface area contributed by atoms with Gasteiger partial charge in [0, 0.05) is 6.42 Å². The van der Waals surface area contributed by atoms with Gasteiger partial charge in [0.1, 0.15) is 5.56 Å². The smallest absolute Gasteiger partial charge is 0.275 e.